The summed E-state index contributed by atoms with van der Waals surface area (Å²) in [6, 6.07) is 4.16. The van der Waals surface area contributed by atoms with Gasteiger partial charge in [0.1, 0.15) is 0 Å². The molecule has 1 saturated heterocycles. The van der Waals surface area contributed by atoms with Gasteiger partial charge in [0.15, 0.2) is 5.65 Å². The molecule has 5 nitrogen and oxygen atoms in total. The van der Waals surface area contributed by atoms with E-state index in [2.05, 4.69) is 41.3 Å². The highest BCUT2D eigenvalue weighted by molar-refractivity contribution is 5.46. The van der Waals surface area contributed by atoms with Gasteiger partial charge in [-0.25, -0.2) is 4.52 Å². The molecule has 21 heavy (non-hydrogen) atoms. The minimum atomic E-state index is 0.707. The molecular weight excluding hydrogens is 262 g/mol. The van der Waals surface area contributed by atoms with Crippen molar-refractivity contribution in [3.05, 3.63) is 23.9 Å². The van der Waals surface area contributed by atoms with Gasteiger partial charge in [0.25, 0.3) is 0 Å². The van der Waals surface area contributed by atoms with Gasteiger partial charge in [-0.2, -0.15) is 4.98 Å². The van der Waals surface area contributed by atoms with Crippen LogP contribution < -0.4 is 10.2 Å². The summed E-state index contributed by atoms with van der Waals surface area (Å²) >= 11 is 0. The number of aryl methyl sites for hydroxylation is 1. The molecule has 2 aromatic rings. The first kappa shape index (κ1) is 14.3. The first-order valence-electron chi connectivity index (χ1n) is 8.05. The fourth-order valence-electron chi connectivity index (χ4n) is 3.04. The van der Waals surface area contributed by atoms with Gasteiger partial charge in [-0.05, 0) is 62.9 Å². The summed E-state index contributed by atoms with van der Waals surface area (Å²) in [6.45, 7) is 8.66. The van der Waals surface area contributed by atoms with Crippen LogP contribution in [0.2, 0.25) is 0 Å². The maximum Gasteiger partial charge on any atom is 0.245 e. The molecule has 1 atom stereocenters. The number of rotatable bonds is 5. The first-order valence-corrected chi connectivity index (χ1v) is 8.05. The lowest BCUT2D eigenvalue weighted by Gasteiger charge is -2.29. The van der Waals surface area contributed by atoms with Gasteiger partial charge in [-0.1, -0.05) is 6.92 Å². The summed E-state index contributed by atoms with van der Waals surface area (Å²) in [5.74, 6) is 1.58. The molecule has 0 saturated carbocycles. The SMILES string of the molecule is CCCN(CC1CCCNC1)c1nc2cc(C)ccn2n1. The Bertz CT molecular complexity index is 585. The summed E-state index contributed by atoms with van der Waals surface area (Å²) in [7, 11) is 0. The van der Waals surface area contributed by atoms with Crippen LogP contribution in [0.15, 0.2) is 18.3 Å². The van der Waals surface area contributed by atoms with E-state index in [1.165, 1.54) is 18.4 Å². The zero-order valence-electron chi connectivity index (χ0n) is 13.0. The summed E-state index contributed by atoms with van der Waals surface area (Å²) in [5.41, 5.74) is 2.16. The molecule has 3 heterocycles. The van der Waals surface area contributed by atoms with Crippen molar-refractivity contribution in [2.45, 2.75) is 33.1 Å². The molecule has 1 N–H and O–H groups in total. The van der Waals surface area contributed by atoms with Crippen molar-refractivity contribution < 1.29 is 0 Å². The topological polar surface area (TPSA) is 45.5 Å². The molecule has 1 aliphatic rings. The van der Waals surface area contributed by atoms with Crippen molar-refractivity contribution in [1.29, 1.82) is 0 Å². The lowest BCUT2D eigenvalue weighted by Crippen LogP contribution is -2.39. The van der Waals surface area contributed by atoms with Crippen LogP contribution >= 0.6 is 0 Å². The van der Waals surface area contributed by atoms with Gasteiger partial charge in [-0.3, -0.25) is 0 Å². The van der Waals surface area contributed by atoms with E-state index < -0.39 is 0 Å². The number of anilines is 1. The molecule has 0 aromatic carbocycles. The van der Waals surface area contributed by atoms with Gasteiger partial charge in [0.2, 0.25) is 5.95 Å². The first-order chi connectivity index (χ1) is 10.3. The lowest BCUT2D eigenvalue weighted by atomic mass is 9.99. The monoisotopic (exact) mass is 287 g/mol. The molecule has 5 heteroatoms. The molecule has 0 spiro atoms. The normalized spacial score (nSPS) is 19.0. The summed E-state index contributed by atoms with van der Waals surface area (Å²) in [6.07, 6.45) is 5.70. The Kier molecular flexibility index (Phi) is 4.39. The van der Waals surface area contributed by atoms with Crippen LogP contribution in [0.1, 0.15) is 31.7 Å². The fraction of sp³-hybridized carbons (Fsp3) is 0.625. The van der Waals surface area contributed by atoms with E-state index in [1.807, 2.05) is 10.7 Å². The highest BCUT2D eigenvalue weighted by Crippen LogP contribution is 2.17. The number of nitrogens with one attached hydrogen (secondary N) is 1. The molecule has 1 aliphatic heterocycles. The summed E-state index contributed by atoms with van der Waals surface area (Å²) < 4.78 is 1.88. The number of hydrogen-bond donors (Lipinski definition) is 1. The fourth-order valence-corrected chi connectivity index (χ4v) is 3.04. The molecule has 114 valence electrons. The number of aromatic nitrogens is 3. The highest BCUT2D eigenvalue weighted by atomic mass is 15.4. The zero-order valence-corrected chi connectivity index (χ0v) is 13.0. The van der Waals surface area contributed by atoms with E-state index in [-0.39, 0.29) is 0 Å². The van der Waals surface area contributed by atoms with Gasteiger partial charge in [0.05, 0.1) is 0 Å². The number of hydrogen-bond acceptors (Lipinski definition) is 4. The van der Waals surface area contributed by atoms with E-state index in [4.69, 9.17) is 4.98 Å². The van der Waals surface area contributed by atoms with Crippen molar-refractivity contribution in [3.63, 3.8) is 0 Å². The van der Waals surface area contributed by atoms with Crippen molar-refractivity contribution in [2.24, 2.45) is 5.92 Å². The van der Waals surface area contributed by atoms with E-state index in [9.17, 15) is 0 Å². The smallest absolute Gasteiger partial charge is 0.245 e. The van der Waals surface area contributed by atoms with Crippen LogP contribution in [0.25, 0.3) is 5.65 Å². The molecule has 0 radical (unpaired) electrons. The van der Waals surface area contributed by atoms with Gasteiger partial charge in [0, 0.05) is 19.3 Å². The van der Waals surface area contributed by atoms with Crippen molar-refractivity contribution in [2.75, 3.05) is 31.1 Å². The van der Waals surface area contributed by atoms with Crippen molar-refractivity contribution in [3.8, 4) is 0 Å². The Labute approximate surface area is 126 Å². The third kappa shape index (κ3) is 3.35. The van der Waals surface area contributed by atoms with E-state index in [0.29, 0.717) is 5.92 Å². The van der Waals surface area contributed by atoms with Crippen LogP contribution in [0, 0.1) is 12.8 Å². The van der Waals surface area contributed by atoms with Crippen LogP contribution in [-0.2, 0) is 0 Å². The molecular formula is C16H25N5. The highest BCUT2D eigenvalue weighted by Gasteiger charge is 2.19. The largest absolute Gasteiger partial charge is 0.339 e. The molecule has 1 unspecified atom stereocenters. The molecule has 1 fully saturated rings. The lowest BCUT2D eigenvalue weighted by molar-refractivity contribution is 0.375. The minimum Gasteiger partial charge on any atom is -0.339 e. The van der Waals surface area contributed by atoms with Crippen LogP contribution in [0.4, 0.5) is 5.95 Å². The number of piperidine rings is 1. The molecule has 0 amide bonds. The number of nitrogens with zero attached hydrogens (tertiary/aromatic N) is 4. The Morgan fingerprint density at radius 2 is 2.38 bits per heavy atom. The average Bonchev–Trinajstić information content (AvgIpc) is 2.91. The van der Waals surface area contributed by atoms with Gasteiger partial charge in [-0.15, -0.1) is 5.10 Å². The molecule has 2 aromatic heterocycles. The third-order valence-electron chi connectivity index (χ3n) is 4.14. The standard InChI is InChI=1S/C16H25N5/c1-3-8-20(12-14-5-4-7-17-11-14)16-18-15-10-13(2)6-9-21(15)19-16/h6,9-10,14,17H,3-5,7-8,11-12H2,1-2H3. The Balaban J connectivity index is 1.80. The van der Waals surface area contributed by atoms with Crippen molar-refractivity contribution >= 4 is 11.6 Å². The summed E-state index contributed by atoms with van der Waals surface area (Å²) in [4.78, 5) is 7.06. The second kappa shape index (κ2) is 6.43. The quantitative estimate of drug-likeness (QED) is 0.916. The van der Waals surface area contributed by atoms with Crippen LogP contribution in [-0.4, -0.2) is 40.8 Å². The van der Waals surface area contributed by atoms with Crippen molar-refractivity contribution in [1.82, 2.24) is 19.9 Å². The minimum absolute atomic E-state index is 0.707. The third-order valence-corrected chi connectivity index (χ3v) is 4.14. The van der Waals surface area contributed by atoms with E-state index >= 15 is 0 Å². The van der Waals surface area contributed by atoms with Crippen LogP contribution in [0.5, 0.6) is 0 Å². The Hall–Kier alpha value is -1.62. The molecule has 3 rings (SSSR count). The average molecular weight is 287 g/mol. The Morgan fingerprint density at radius 3 is 3.14 bits per heavy atom. The van der Waals surface area contributed by atoms with E-state index in [1.54, 1.807) is 0 Å². The van der Waals surface area contributed by atoms with Gasteiger partial charge >= 0.3 is 0 Å². The number of fused-ring (bicyclic) bond motifs is 1. The second-order valence-electron chi connectivity index (χ2n) is 6.08. The van der Waals surface area contributed by atoms with Gasteiger partial charge < -0.3 is 10.2 Å². The predicted molar refractivity (Wildman–Crippen MR) is 85.8 cm³/mol. The maximum atomic E-state index is 4.72. The maximum absolute atomic E-state index is 4.72. The molecule has 0 bridgehead atoms. The van der Waals surface area contributed by atoms with E-state index in [0.717, 1.165) is 44.2 Å². The van der Waals surface area contributed by atoms with Crippen LogP contribution in [0.3, 0.4) is 0 Å². The number of pyridine rings is 1. The molecule has 0 aliphatic carbocycles. The second-order valence-corrected chi connectivity index (χ2v) is 6.08. The summed E-state index contributed by atoms with van der Waals surface area (Å²) in [5, 5.41) is 8.14. The Morgan fingerprint density at radius 1 is 1.48 bits per heavy atom. The zero-order chi connectivity index (χ0) is 14.7. The predicted octanol–water partition coefficient (Wildman–Crippen LogP) is 2.25.